The summed E-state index contributed by atoms with van der Waals surface area (Å²) >= 11 is 0. The first-order valence-electron chi connectivity index (χ1n) is 10.6. The molecular weight excluding hydrogens is 432 g/mol. The third-order valence-electron chi connectivity index (χ3n) is 5.33. The zero-order valence-corrected chi connectivity index (χ0v) is 18.8. The third-order valence-corrected chi connectivity index (χ3v) is 5.33. The second-order valence-electron chi connectivity index (χ2n) is 8.12. The van der Waals surface area contributed by atoms with Crippen LogP contribution in [0.15, 0.2) is 24.3 Å². The number of hydrogen-bond acceptors (Lipinski definition) is 6. The van der Waals surface area contributed by atoms with Crippen molar-refractivity contribution in [3.63, 3.8) is 0 Å². The highest BCUT2D eigenvalue weighted by Crippen LogP contribution is 2.17. The predicted molar refractivity (Wildman–Crippen MR) is 118 cm³/mol. The molecule has 0 unspecified atom stereocenters. The van der Waals surface area contributed by atoms with E-state index in [9.17, 15) is 24.0 Å². The van der Waals surface area contributed by atoms with Crippen molar-refractivity contribution in [1.82, 2.24) is 20.0 Å². The SMILES string of the molecule is CN(C)CCc1ccc(C(=O)NCC(=O)N2CCN(CC(=O)O)C(=O)[C@@H]2CCC(=O)O)cc1. The Balaban J connectivity index is 1.98. The van der Waals surface area contributed by atoms with Crippen molar-refractivity contribution in [2.45, 2.75) is 25.3 Å². The Labute approximate surface area is 191 Å². The molecule has 1 aliphatic rings. The Kier molecular flexibility index (Phi) is 9.34. The van der Waals surface area contributed by atoms with Crippen molar-refractivity contribution in [3.8, 4) is 0 Å². The van der Waals surface area contributed by atoms with Crippen LogP contribution in [0.3, 0.4) is 0 Å². The van der Waals surface area contributed by atoms with Gasteiger partial charge in [-0.1, -0.05) is 12.1 Å². The lowest BCUT2D eigenvalue weighted by atomic mass is 10.0. The topological polar surface area (TPSA) is 148 Å². The number of nitrogens with zero attached hydrogens (tertiary/aromatic N) is 3. The first kappa shape index (κ1) is 25.8. The number of rotatable bonds is 11. The molecule has 180 valence electrons. The monoisotopic (exact) mass is 462 g/mol. The maximum atomic E-state index is 12.7. The molecular formula is C22H30N4O7. The normalized spacial score (nSPS) is 16.1. The van der Waals surface area contributed by atoms with Gasteiger partial charge in [-0.15, -0.1) is 0 Å². The zero-order valence-electron chi connectivity index (χ0n) is 18.8. The summed E-state index contributed by atoms with van der Waals surface area (Å²) < 4.78 is 0. The van der Waals surface area contributed by atoms with E-state index in [0.717, 1.165) is 23.4 Å². The number of carboxylic acid groups (broad SMARTS) is 2. The van der Waals surface area contributed by atoms with Gasteiger partial charge >= 0.3 is 11.9 Å². The van der Waals surface area contributed by atoms with Crippen molar-refractivity contribution in [2.75, 3.05) is 46.8 Å². The molecule has 1 aromatic rings. The lowest BCUT2D eigenvalue weighted by molar-refractivity contribution is -0.156. The summed E-state index contributed by atoms with van der Waals surface area (Å²) in [6.45, 7) is 0.0611. The van der Waals surface area contributed by atoms with Crippen molar-refractivity contribution in [2.24, 2.45) is 0 Å². The van der Waals surface area contributed by atoms with E-state index < -0.39 is 42.2 Å². The van der Waals surface area contributed by atoms with Gasteiger partial charge in [-0.25, -0.2) is 0 Å². The number of carbonyl (C=O) groups is 5. The number of likely N-dealkylation sites (N-methyl/N-ethyl adjacent to an activating group) is 1. The summed E-state index contributed by atoms with van der Waals surface area (Å²) in [7, 11) is 3.95. The minimum atomic E-state index is -1.19. The standard InChI is InChI=1S/C22H30N4O7/c1-24(2)10-9-15-3-5-16(6-4-15)21(32)23-13-18(27)26-12-11-25(14-20(30)31)22(33)17(26)7-8-19(28)29/h3-6,17H,7-14H2,1-2H3,(H,23,32)(H,28,29)(H,30,31)/t17-/m0/s1. The van der Waals surface area contributed by atoms with E-state index >= 15 is 0 Å². The van der Waals surface area contributed by atoms with Crippen LogP contribution in [0.2, 0.25) is 0 Å². The van der Waals surface area contributed by atoms with E-state index in [1.165, 1.54) is 4.90 Å². The van der Waals surface area contributed by atoms with E-state index in [0.29, 0.717) is 5.56 Å². The predicted octanol–water partition coefficient (Wildman–Crippen LogP) is -0.491. The summed E-state index contributed by atoms with van der Waals surface area (Å²) in [5.41, 5.74) is 1.47. The molecule has 1 saturated heterocycles. The molecule has 11 nitrogen and oxygen atoms in total. The molecule has 1 fully saturated rings. The number of amides is 3. The van der Waals surface area contributed by atoms with Crippen LogP contribution in [0.25, 0.3) is 0 Å². The van der Waals surface area contributed by atoms with Crippen LogP contribution in [0.5, 0.6) is 0 Å². The molecule has 2 rings (SSSR count). The highest BCUT2D eigenvalue weighted by atomic mass is 16.4. The molecule has 0 spiro atoms. The lowest BCUT2D eigenvalue weighted by Gasteiger charge is -2.40. The number of benzene rings is 1. The van der Waals surface area contributed by atoms with Crippen LogP contribution in [0.1, 0.15) is 28.8 Å². The highest BCUT2D eigenvalue weighted by Gasteiger charge is 2.38. The highest BCUT2D eigenvalue weighted by molar-refractivity contribution is 5.97. The molecule has 0 bridgehead atoms. The number of nitrogens with one attached hydrogen (secondary N) is 1. The average Bonchev–Trinajstić information content (AvgIpc) is 2.76. The first-order chi connectivity index (χ1) is 15.6. The molecule has 3 N–H and O–H groups in total. The summed E-state index contributed by atoms with van der Waals surface area (Å²) in [6, 6.07) is 5.96. The largest absolute Gasteiger partial charge is 0.481 e. The van der Waals surface area contributed by atoms with Gasteiger partial charge in [0.2, 0.25) is 11.8 Å². The molecule has 0 aromatic heterocycles. The van der Waals surface area contributed by atoms with Gasteiger partial charge in [0, 0.05) is 31.6 Å². The second kappa shape index (κ2) is 12.0. The Morgan fingerprint density at radius 3 is 2.30 bits per heavy atom. The molecule has 1 heterocycles. The van der Waals surface area contributed by atoms with E-state index in [4.69, 9.17) is 10.2 Å². The summed E-state index contributed by atoms with van der Waals surface area (Å²) in [4.78, 5) is 64.2. The van der Waals surface area contributed by atoms with E-state index in [2.05, 4.69) is 10.2 Å². The molecule has 1 aromatic carbocycles. The summed E-state index contributed by atoms with van der Waals surface area (Å²) in [6.07, 6.45) is 0.346. The molecule has 0 aliphatic carbocycles. The van der Waals surface area contributed by atoms with Crippen molar-refractivity contribution in [3.05, 3.63) is 35.4 Å². The Bertz CT molecular complexity index is 885. The molecule has 33 heavy (non-hydrogen) atoms. The Morgan fingerprint density at radius 2 is 1.73 bits per heavy atom. The van der Waals surface area contributed by atoms with Crippen LogP contribution >= 0.6 is 0 Å². The fourth-order valence-electron chi connectivity index (χ4n) is 3.53. The van der Waals surface area contributed by atoms with Crippen molar-refractivity contribution < 1.29 is 34.2 Å². The van der Waals surface area contributed by atoms with Crippen LogP contribution < -0.4 is 5.32 Å². The maximum absolute atomic E-state index is 12.7. The smallest absolute Gasteiger partial charge is 0.323 e. The van der Waals surface area contributed by atoms with Crippen LogP contribution in [0, 0.1) is 0 Å². The van der Waals surface area contributed by atoms with Gasteiger partial charge in [0.25, 0.3) is 5.91 Å². The van der Waals surface area contributed by atoms with Gasteiger partial charge in [0.1, 0.15) is 12.6 Å². The van der Waals surface area contributed by atoms with Crippen LogP contribution in [-0.4, -0.2) is 107 Å². The number of carbonyl (C=O) groups excluding carboxylic acids is 3. The average molecular weight is 463 g/mol. The van der Waals surface area contributed by atoms with Gasteiger partial charge in [-0.05, 0) is 44.6 Å². The fraction of sp³-hybridized carbons (Fsp3) is 0.500. The minimum Gasteiger partial charge on any atom is -0.481 e. The second-order valence-corrected chi connectivity index (χ2v) is 8.12. The third kappa shape index (κ3) is 7.86. The quantitative estimate of drug-likeness (QED) is 0.399. The number of hydrogen-bond donors (Lipinski definition) is 3. The summed E-state index contributed by atoms with van der Waals surface area (Å²) in [5, 5.41) is 20.5. The first-order valence-corrected chi connectivity index (χ1v) is 10.6. The maximum Gasteiger partial charge on any atom is 0.323 e. The fourth-order valence-corrected chi connectivity index (χ4v) is 3.53. The zero-order chi connectivity index (χ0) is 24.5. The van der Waals surface area contributed by atoms with Gasteiger partial charge in [-0.2, -0.15) is 0 Å². The number of piperazine rings is 1. The van der Waals surface area contributed by atoms with Gasteiger partial charge in [0.15, 0.2) is 0 Å². The van der Waals surface area contributed by atoms with Gasteiger partial charge in [0.05, 0.1) is 6.54 Å². The lowest BCUT2D eigenvalue weighted by Crippen LogP contribution is -2.60. The van der Waals surface area contributed by atoms with E-state index in [1.807, 2.05) is 26.2 Å². The number of carboxylic acids is 2. The van der Waals surface area contributed by atoms with Crippen molar-refractivity contribution >= 4 is 29.7 Å². The van der Waals surface area contributed by atoms with Crippen molar-refractivity contribution in [1.29, 1.82) is 0 Å². The van der Waals surface area contributed by atoms with E-state index in [-0.39, 0.29) is 32.5 Å². The van der Waals surface area contributed by atoms with Crippen LogP contribution in [-0.2, 0) is 25.6 Å². The van der Waals surface area contributed by atoms with Gasteiger partial charge in [-0.3, -0.25) is 24.0 Å². The molecule has 0 radical (unpaired) electrons. The summed E-state index contributed by atoms with van der Waals surface area (Å²) in [5.74, 6) is -3.92. The van der Waals surface area contributed by atoms with E-state index in [1.54, 1.807) is 12.1 Å². The molecule has 11 heteroatoms. The Hall–Kier alpha value is -3.47. The molecule has 0 saturated carbocycles. The van der Waals surface area contributed by atoms with Crippen LogP contribution in [0.4, 0.5) is 0 Å². The molecule has 1 atom stereocenters. The van der Waals surface area contributed by atoms with Gasteiger partial charge < -0.3 is 30.2 Å². The Morgan fingerprint density at radius 1 is 1.06 bits per heavy atom. The minimum absolute atomic E-state index is 0.0167. The molecule has 1 aliphatic heterocycles. The molecule has 3 amide bonds. The number of aliphatic carboxylic acids is 2.